The Labute approximate surface area is 90.0 Å². The number of nitrogens with one attached hydrogen (secondary N) is 1. The summed E-state index contributed by atoms with van der Waals surface area (Å²) in [4.78, 5) is 22.1. The van der Waals surface area contributed by atoms with E-state index in [1.54, 1.807) is 0 Å². The maximum Gasteiger partial charge on any atom is 0.307 e. The predicted octanol–water partition coefficient (Wildman–Crippen LogP) is 1.40. The summed E-state index contributed by atoms with van der Waals surface area (Å²) in [6.45, 7) is 4.07. The highest BCUT2D eigenvalue weighted by Gasteiger charge is 2.48. The summed E-state index contributed by atoms with van der Waals surface area (Å²) in [5.74, 6) is -1.67. The monoisotopic (exact) mass is 213 g/mol. The van der Waals surface area contributed by atoms with Gasteiger partial charge in [0.1, 0.15) is 0 Å². The minimum Gasteiger partial charge on any atom is -0.481 e. The Bertz CT molecular complexity index is 252. The quantitative estimate of drug-likeness (QED) is 0.701. The van der Waals surface area contributed by atoms with E-state index >= 15 is 0 Å². The molecule has 15 heavy (non-hydrogen) atoms. The smallest absolute Gasteiger partial charge is 0.307 e. The Morgan fingerprint density at radius 2 is 2.13 bits per heavy atom. The molecule has 1 rings (SSSR count). The summed E-state index contributed by atoms with van der Waals surface area (Å²) in [5.41, 5.74) is 0. The van der Waals surface area contributed by atoms with Crippen LogP contribution >= 0.6 is 0 Å². The minimum absolute atomic E-state index is 0.0917. The van der Waals surface area contributed by atoms with Crippen molar-refractivity contribution in [1.82, 2.24) is 5.32 Å². The lowest BCUT2D eigenvalue weighted by Gasteiger charge is -2.12. The number of hydrogen-bond acceptors (Lipinski definition) is 2. The summed E-state index contributed by atoms with van der Waals surface area (Å²) < 4.78 is 0. The van der Waals surface area contributed by atoms with Gasteiger partial charge in [-0.1, -0.05) is 19.8 Å². The van der Waals surface area contributed by atoms with Crippen molar-refractivity contribution in [3.63, 3.8) is 0 Å². The summed E-state index contributed by atoms with van der Waals surface area (Å²) >= 11 is 0. The average molecular weight is 213 g/mol. The molecule has 4 nitrogen and oxygen atoms in total. The molecule has 86 valence electrons. The third-order valence-electron chi connectivity index (χ3n) is 2.82. The summed E-state index contributed by atoms with van der Waals surface area (Å²) in [6.07, 6.45) is 3.67. The van der Waals surface area contributed by atoms with Gasteiger partial charge in [-0.2, -0.15) is 0 Å². The second-order valence-corrected chi connectivity index (χ2v) is 4.34. The molecular weight excluding hydrogens is 194 g/mol. The van der Waals surface area contributed by atoms with Crippen LogP contribution in [-0.2, 0) is 9.59 Å². The van der Waals surface area contributed by atoms with Crippen molar-refractivity contribution < 1.29 is 14.7 Å². The molecule has 0 bridgehead atoms. The number of amides is 1. The number of carbonyl (C=O) groups is 2. The molecule has 1 fully saturated rings. The molecule has 0 heterocycles. The van der Waals surface area contributed by atoms with Crippen LogP contribution in [0.25, 0.3) is 0 Å². The van der Waals surface area contributed by atoms with E-state index in [0.29, 0.717) is 6.42 Å². The molecule has 2 N–H and O–H groups in total. The highest BCUT2D eigenvalue weighted by atomic mass is 16.4. The van der Waals surface area contributed by atoms with Crippen molar-refractivity contribution >= 4 is 11.9 Å². The number of aliphatic carboxylic acids is 1. The van der Waals surface area contributed by atoms with Gasteiger partial charge in [-0.05, 0) is 19.8 Å². The van der Waals surface area contributed by atoms with Gasteiger partial charge in [0.15, 0.2) is 0 Å². The Balaban J connectivity index is 2.22. The molecule has 1 amide bonds. The number of hydrogen-bond donors (Lipinski definition) is 2. The van der Waals surface area contributed by atoms with E-state index in [9.17, 15) is 9.59 Å². The standard InChI is InChI=1S/C11H19NO3/c1-3-4-5-7(2)12-10(13)8-6-9(8)11(14)15/h7-9H,3-6H2,1-2H3,(H,12,13)(H,14,15). The highest BCUT2D eigenvalue weighted by molar-refractivity contribution is 5.89. The third-order valence-corrected chi connectivity index (χ3v) is 2.82. The summed E-state index contributed by atoms with van der Waals surface area (Å²) in [6, 6.07) is 0.160. The molecule has 4 heteroatoms. The molecule has 0 saturated heterocycles. The van der Waals surface area contributed by atoms with Gasteiger partial charge >= 0.3 is 5.97 Å². The van der Waals surface area contributed by atoms with E-state index in [1.807, 2.05) is 6.92 Å². The molecule has 1 aliphatic rings. The first-order chi connectivity index (χ1) is 7.06. The van der Waals surface area contributed by atoms with Crippen LogP contribution < -0.4 is 5.32 Å². The van der Waals surface area contributed by atoms with Crippen molar-refractivity contribution in [2.24, 2.45) is 11.8 Å². The Kier molecular flexibility index (Phi) is 4.12. The van der Waals surface area contributed by atoms with Crippen LogP contribution in [0.5, 0.6) is 0 Å². The normalized spacial score (nSPS) is 25.7. The van der Waals surface area contributed by atoms with Crippen LogP contribution in [0.4, 0.5) is 0 Å². The number of carboxylic acids is 1. The molecule has 0 aromatic heterocycles. The van der Waals surface area contributed by atoms with E-state index in [4.69, 9.17) is 5.11 Å². The van der Waals surface area contributed by atoms with Gasteiger partial charge in [-0.3, -0.25) is 9.59 Å². The van der Waals surface area contributed by atoms with Crippen molar-refractivity contribution in [3.05, 3.63) is 0 Å². The van der Waals surface area contributed by atoms with E-state index in [1.165, 1.54) is 0 Å². The number of unbranched alkanes of at least 4 members (excludes halogenated alkanes) is 1. The van der Waals surface area contributed by atoms with Gasteiger partial charge in [0, 0.05) is 6.04 Å². The van der Waals surface area contributed by atoms with Crippen LogP contribution in [0.15, 0.2) is 0 Å². The van der Waals surface area contributed by atoms with Gasteiger partial charge in [-0.15, -0.1) is 0 Å². The molecule has 0 radical (unpaired) electrons. The van der Waals surface area contributed by atoms with E-state index in [-0.39, 0.29) is 17.9 Å². The average Bonchev–Trinajstić information content (AvgIpc) is 2.93. The van der Waals surface area contributed by atoms with Gasteiger partial charge in [0.25, 0.3) is 0 Å². The Hall–Kier alpha value is -1.06. The fraction of sp³-hybridized carbons (Fsp3) is 0.818. The summed E-state index contributed by atoms with van der Waals surface area (Å²) in [5, 5.41) is 11.5. The fourth-order valence-corrected chi connectivity index (χ4v) is 1.69. The highest BCUT2D eigenvalue weighted by Crippen LogP contribution is 2.38. The van der Waals surface area contributed by atoms with Gasteiger partial charge < -0.3 is 10.4 Å². The first-order valence-electron chi connectivity index (χ1n) is 5.59. The molecule has 0 spiro atoms. The molecule has 0 aliphatic heterocycles. The minimum atomic E-state index is -0.851. The van der Waals surface area contributed by atoms with Crippen molar-refractivity contribution in [2.45, 2.75) is 45.6 Å². The zero-order valence-electron chi connectivity index (χ0n) is 9.32. The van der Waals surface area contributed by atoms with Crippen LogP contribution in [-0.4, -0.2) is 23.0 Å². The fourth-order valence-electron chi connectivity index (χ4n) is 1.69. The lowest BCUT2D eigenvalue weighted by molar-refractivity contribution is -0.140. The van der Waals surface area contributed by atoms with Gasteiger partial charge in [0.05, 0.1) is 11.8 Å². The van der Waals surface area contributed by atoms with E-state index < -0.39 is 11.9 Å². The Morgan fingerprint density at radius 3 is 2.60 bits per heavy atom. The lowest BCUT2D eigenvalue weighted by Crippen LogP contribution is -2.34. The number of carboxylic acid groups (broad SMARTS) is 1. The second-order valence-electron chi connectivity index (χ2n) is 4.34. The zero-order chi connectivity index (χ0) is 11.4. The molecular formula is C11H19NO3. The van der Waals surface area contributed by atoms with Crippen molar-refractivity contribution in [3.8, 4) is 0 Å². The molecule has 1 aliphatic carbocycles. The largest absolute Gasteiger partial charge is 0.481 e. The molecule has 3 atom stereocenters. The maximum atomic E-state index is 11.5. The predicted molar refractivity (Wildman–Crippen MR) is 56.4 cm³/mol. The van der Waals surface area contributed by atoms with E-state index in [0.717, 1.165) is 19.3 Å². The van der Waals surface area contributed by atoms with Crippen molar-refractivity contribution in [1.29, 1.82) is 0 Å². The molecule has 1 saturated carbocycles. The first-order valence-corrected chi connectivity index (χ1v) is 5.59. The topological polar surface area (TPSA) is 66.4 Å². The maximum absolute atomic E-state index is 11.5. The first kappa shape index (κ1) is 12.0. The second kappa shape index (κ2) is 5.14. The van der Waals surface area contributed by atoms with Gasteiger partial charge in [-0.25, -0.2) is 0 Å². The number of carbonyl (C=O) groups excluding carboxylic acids is 1. The lowest BCUT2D eigenvalue weighted by atomic mass is 10.1. The van der Waals surface area contributed by atoms with Crippen LogP contribution in [0.3, 0.4) is 0 Å². The SMILES string of the molecule is CCCCC(C)NC(=O)C1CC1C(=O)O. The zero-order valence-corrected chi connectivity index (χ0v) is 9.32. The third kappa shape index (κ3) is 3.53. The van der Waals surface area contributed by atoms with Gasteiger partial charge in [0.2, 0.25) is 5.91 Å². The van der Waals surface area contributed by atoms with E-state index in [2.05, 4.69) is 12.2 Å². The molecule has 0 aromatic carbocycles. The Morgan fingerprint density at radius 1 is 1.47 bits per heavy atom. The van der Waals surface area contributed by atoms with Crippen LogP contribution in [0, 0.1) is 11.8 Å². The van der Waals surface area contributed by atoms with Crippen molar-refractivity contribution in [2.75, 3.05) is 0 Å². The van der Waals surface area contributed by atoms with Crippen LogP contribution in [0.2, 0.25) is 0 Å². The number of rotatable bonds is 6. The summed E-state index contributed by atoms with van der Waals surface area (Å²) in [7, 11) is 0. The molecule has 3 unspecified atom stereocenters. The van der Waals surface area contributed by atoms with Crippen LogP contribution in [0.1, 0.15) is 39.5 Å². The molecule has 0 aromatic rings.